The first-order chi connectivity index (χ1) is 16.0. The van der Waals surface area contributed by atoms with E-state index >= 15 is 0 Å². The van der Waals surface area contributed by atoms with Gasteiger partial charge in [-0.2, -0.15) is 11.8 Å². The van der Waals surface area contributed by atoms with Crippen molar-refractivity contribution in [1.82, 2.24) is 4.90 Å². The van der Waals surface area contributed by atoms with Gasteiger partial charge in [0.1, 0.15) is 18.5 Å². The van der Waals surface area contributed by atoms with Crippen molar-refractivity contribution in [2.45, 2.75) is 71.0 Å². The number of thioether (sulfide) groups is 1. The standard InChI is InChI=1S/C25H39NO6S/c1-3-17-33-18-7-14-26(25(29)32-22-8-5-6-9-22)15-16-31-21-12-10-20(11-13-21)19-23(24(27)28)30-4-2/h10-13,22-23H,3-9,14-19H2,1-2H3,(H,27,28). The van der Waals surface area contributed by atoms with Crippen LogP contribution in [-0.4, -0.2) is 72.1 Å². The highest BCUT2D eigenvalue weighted by Crippen LogP contribution is 2.22. The second kappa shape index (κ2) is 15.8. The van der Waals surface area contributed by atoms with Crippen LogP contribution in [-0.2, 0) is 20.7 Å². The van der Waals surface area contributed by atoms with E-state index in [0.717, 1.165) is 55.6 Å². The normalized spacial score (nSPS) is 14.7. The van der Waals surface area contributed by atoms with E-state index in [0.29, 0.717) is 38.5 Å². The van der Waals surface area contributed by atoms with E-state index in [1.807, 2.05) is 36.0 Å². The first kappa shape index (κ1) is 27.3. The smallest absolute Gasteiger partial charge is 0.410 e. The van der Waals surface area contributed by atoms with E-state index in [4.69, 9.17) is 14.2 Å². The second-order valence-electron chi connectivity index (χ2n) is 8.22. The molecule has 1 aliphatic rings. The van der Waals surface area contributed by atoms with Crippen molar-refractivity contribution in [2.24, 2.45) is 0 Å². The minimum Gasteiger partial charge on any atom is -0.492 e. The summed E-state index contributed by atoms with van der Waals surface area (Å²) in [6.07, 6.45) is 5.53. The molecular weight excluding hydrogens is 442 g/mol. The summed E-state index contributed by atoms with van der Waals surface area (Å²) in [5, 5.41) is 9.23. The lowest BCUT2D eigenvalue weighted by Crippen LogP contribution is -2.37. The van der Waals surface area contributed by atoms with Crippen LogP contribution in [0, 0.1) is 0 Å². The van der Waals surface area contributed by atoms with Crippen molar-refractivity contribution in [3.63, 3.8) is 0 Å². The van der Waals surface area contributed by atoms with Gasteiger partial charge in [-0.15, -0.1) is 0 Å². The number of rotatable bonds is 16. The van der Waals surface area contributed by atoms with Crippen LogP contribution in [0.15, 0.2) is 24.3 Å². The quantitative estimate of drug-likeness (QED) is 0.332. The SMILES string of the molecule is CCCSCCCN(CCOc1ccc(CC(OCC)C(=O)O)cc1)C(=O)OC1CCCC1. The fourth-order valence-electron chi connectivity index (χ4n) is 3.75. The molecule has 0 saturated heterocycles. The van der Waals surface area contributed by atoms with Gasteiger partial charge in [0.05, 0.1) is 6.54 Å². The van der Waals surface area contributed by atoms with E-state index in [1.54, 1.807) is 11.8 Å². The molecule has 1 fully saturated rings. The third kappa shape index (κ3) is 10.7. The number of nitrogens with zero attached hydrogens (tertiary/aromatic N) is 1. The van der Waals surface area contributed by atoms with E-state index < -0.39 is 12.1 Å². The summed E-state index contributed by atoms with van der Waals surface area (Å²) in [5.74, 6) is 1.89. The monoisotopic (exact) mass is 481 g/mol. The molecule has 8 heteroatoms. The molecule has 33 heavy (non-hydrogen) atoms. The Balaban J connectivity index is 1.82. The molecule has 7 nitrogen and oxygen atoms in total. The Hall–Kier alpha value is -1.93. The molecule has 0 aromatic heterocycles. The molecule has 0 spiro atoms. The molecule has 1 saturated carbocycles. The number of hydrogen-bond acceptors (Lipinski definition) is 6. The van der Waals surface area contributed by atoms with Gasteiger partial charge >= 0.3 is 12.1 Å². The molecule has 1 aromatic rings. The minimum absolute atomic E-state index is 0.0502. The predicted molar refractivity (Wildman–Crippen MR) is 131 cm³/mol. The van der Waals surface area contributed by atoms with Crippen LogP contribution in [0.25, 0.3) is 0 Å². The number of ether oxygens (including phenoxy) is 3. The van der Waals surface area contributed by atoms with Crippen molar-refractivity contribution in [3.8, 4) is 5.75 Å². The molecule has 0 radical (unpaired) electrons. The first-order valence-corrected chi connectivity index (χ1v) is 13.3. The fourth-order valence-corrected chi connectivity index (χ4v) is 4.58. The van der Waals surface area contributed by atoms with Crippen LogP contribution in [0.3, 0.4) is 0 Å². The summed E-state index contributed by atoms with van der Waals surface area (Å²) in [5.41, 5.74) is 0.870. The molecule has 1 amide bonds. The molecule has 1 aromatic carbocycles. The third-order valence-electron chi connectivity index (χ3n) is 5.51. The molecule has 186 valence electrons. The van der Waals surface area contributed by atoms with E-state index in [1.165, 1.54) is 0 Å². The lowest BCUT2D eigenvalue weighted by atomic mass is 10.1. The Morgan fingerprint density at radius 3 is 2.48 bits per heavy atom. The number of carbonyl (C=O) groups excluding carboxylic acids is 1. The molecule has 0 bridgehead atoms. The topological polar surface area (TPSA) is 85.3 Å². The fraction of sp³-hybridized carbons (Fsp3) is 0.680. The van der Waals surface area contributed by atoms with Gasteiger partial charge in [-0.3, -0.25) is 0 Å². The zero-order chi connectivity index (χ0) is 23.9. The number of aliphatic carboxylic acids is 1. The maximum atomic E-state index is 12.7. The minimum atomic E-state index is -0.963. The molecule has 2 rings (SSSR count). The highest BCUT2D eigenvalue weighted by atomic mass is 32.2. The molecule has 1 aliphatic carbocycles. The largest absolute Gasteiger partial charge is 0.492 e. The first-order valence-electron chi connectivity index (χ1n) is 12.1. The van der Waals surface area contributed by atoms with Crippen molar-refractivity contribution in [1.29, 1.82) is 0 Å². The summed E-state index contributed by atoms with van der Waals surface area (Å²) in [7, 11) is 0. The second-order valence-corrected chi connectivity index (χ2v) is 9.45. The average Bonchev–Trinajstić information content (AvgIpc) is 3.31. The predicted octanol–water partition coefficient (Wildman–Crippen LogP) is 5.01. The van der Waals surface area contributed by atoms with E-state index in [9.17, 15) is 14.7 Å². The van der Waals surface area contributed by atoms with Crippen LogP contribution in [0.5, 0.6) is 5.75 Å². The molecule has 0 aliphatic heterocycles. The van der Waals surface area contributed by atoms with E-state index in [-0.39, 0.29) is 12.2 Å². The van der Waals surface area contributed by atoms with Gasteiger partial charge in [0.2, 0.25) is 0 Å². The van der Waals surface area contributed by atoms with Crippen molar-refractivity contribution < 1.29 is 28.9 Å². The van der Waals surface area contributed by atoms with Gasteiger partial charge in [0.25, 0.3) is 0 Å². The molecule has 0 heterocycles. The number of carbonyl (C=O) groups is 2. The van der Waals surface area contributed by atoms with Gasteiger partial charge in [-0.05, 0) is 74.7 Å². The van der Waals surface area contributed by atoms with Crippen LogP contribution in [0.2, 0.25) is 0 Å². The van der Waals surface area contributed by atoms with Crippen molar-refractivity contribution in [2.75, 3.05) is 37.8 Å². The number of benzene rings is 1. The Kier molecular flexibility index (Phi) is 13.1. The lowest BCUT2D eigenvalue weighted by Gasteiger charge is -2.24. The summed E-state index contributed by atoms with van der Waals surface area (Å²) in [4.78, 5) is 25.7. The Morgan fingerprint density at radius 1 is 1.12 bits per heavy atom. The average molecular weight is 482 g/mol. The number of carboxylic acid groups (broad SMARTS) is 1. The number of carboxylic acids is 1. The van der Waals surface area contributed by atoms with Crippen LogP contribution in [0.4, 0.5) is 4.79 Å². The van der Waals surface area contributed by atoms with Crippen molar-refractivity contribution >= 4 is 23.8 Å². The lowest BCUT2D eigenvalue weighted by molar-refractivity contribution is -0.149. The maximum absolute atomic E-state index is 12.7. The highest BCUT2D eigenvalue weighted by molar-refractivity contribution is 7.99. The van der Waals surface area contributed by atoms with Gasteiger partial charge in [-0.1, -0.05) is 19.1 Å². The number of hydrogen-bond donors (Lipinski definition) is 1. The van der Waals surface area contributed by atoms with Crippen molar-refractivity contribution in [3.05, 3.63) is 29.8 Å². The van der Waals surface area contributed by atoms with E-state index in [2.05, 4.69) is 6.92 Å². The molecule has 1 unspecified atom stereocenters. The van der Waals surface area contributed by atoms with Gasteiger partial charge in [0.15, 0.2) is 6.10 Å². The zero-order valence-corrected chi connectivity index (χ0v) is 20.8. The van der Waals surface area contributed by atoms with Crippen LogP contribution in [0.1, 0.15) is 57.9 Å². The Labute approximate surface area is 202 Å². The summed E-state index contributed by atoms with van der Waals surface area (Å²) >= 11 is 1.91. The molecular formula is C25H39NO6S. The Morgan fingerprint density at radius 2 is 1.85 bits per heavy atom. The van der Waals surface area contributed by atoms with Crippen LogP contribution >= 0.6 is 11.8 Å². The molecule has 1 atom stereocenters. The number of amides is 1. The zero-order valence-electron chi connectivity index (χ0n) is 20.0. The third-order valence-corrected chi connectivity index (χ3v) is 6.78. The highest BCUT2D eigenvalue weighted by Gasteiger charge is 2.23. The van der Waals surface area contributed by atoms with Gasteiger partial charge < -0.3 is 24.2 Å². The Bertz CT molecular complexity index is 693. The molecule has 1 N–H and O–H groups in total. The summed E-state index contributed by atoms with van der Waals surface area (Å²) in [6.45, 7) is 5.82. The summed E-state index contributed by atoms with van der Waals surface area (Å²) < 4.78 is 16.8. The maximum Gasteiger partial charge on any atom is 0.410 e. The van der Waals surface area contributed by atoms with Crippen LogP contribution < -0.4 is 4.74 Å². The summed E-state index contributed by atoms with van der Waals surface area (Å²) in [6, 6.07) is 7.34. The van der Waals surface area contributed by atoms with Gasteiger partial charge in [0, 0.05) is 19.6 Å². The van der Waals surface area contributed by atoms with Gasteiger partial charge in [-0.25, -0.2) is 9.59 Å².